The van der Waals surface area contributed by atoms with Crippen LogP contribution in [0, 0.1) is 20.8 Å². The highest BCUT2D eigenvalue weighted by molar-refractivity contribution is 8.00. The van der Waals surface area contributed by atoms with Crippen LogP contribution in [-0.2, 0) is 21.2 Å². The molecule has 0 aliphatic carbocycles. The first kappa shape index (κ1) is 27.8. The summed E-state index contributed by atoms with van der Waals surface area (Å²) >= 11 is 1.44. The Labute approximate surface area is 229 Å². The molecule has 4 aromatic rings. The second kappa shape index (κ2) is 12.1. The first-order valence-electron chi connectivity index (χ1n) is 12.7. The Morgan fingerprint density at radius 2 is 1.66 bits per heavy atom. The van der Waals surface area contributed by atoms with Crippen molar-refractivity contribution in [1.82, 2.24) is 9.71 Å². The van der Waals surface area contributed by atoms with E-state index in [9.17, 15) is 13.2 Å². The smallest absolute Gasteiger partial charge is 0.240 e. The Balaban J connectivity index is 1.39. The predicted molar refractivity (Wildman–Crippen MR) is 156 cm³/mol. The average Bonchev–Trinajstić information content (AvgIpc) is 2.89. The lowest BCUT2D eigenvalue weighted by Crippen LogP contribution is -2.26. The van der Waals surface area contributed by atoms with Gasteiger partial charge in [0, 0.05) is 17.6 Å². The van der Waals surface area contributed by atoms with E-state index in [1.165, 1.54) is 29.5 Å². The number of carbonyl (C=O) groups is 1. The first-order chi connectivity index (χ1) is 18.2. The standard InChI is InChI=1S/C30H33N3O3S2/c1-5-27(37-28-19-21(3)26-18-20(2)17-22(4)29(26)33-28)30(34)32-24-11-13-25(14-12-24)38(35,36)31-16-15-23-9-7-6-8-10-23/h6-14,17-19,27,31H,5,15-16H2,1-4H3,(H,32,34). The molecule has 0 aliphatic heterocycles. The molecule has 1 atom stereocenters. The molecule has 0 radical (unpaired) electrons. The molecule has 2 N–H and O–H groups in total. The molecule has 0 saturated carbocycles. The molecule has 4 rings (SSSR count). The van der Waals surface area contributed by atoms with Gasteiger partial charge in [0.15, 0.2) is 0 Å². The number of rotatable bonds is 10. The van der Waals surface area contributed by atoms with Crippen molar-refractivity contribution >= 4 is 44.3 Å². The lowest BCUT2D eigenvalue weighted by molar-refractivity contribution is -0.115. The summed E-state index contributed by atoms with van der Waals surface area (Å²) in [6.07, 6.45) is 1.23. The van der Waals surface area contributed by atoms with Crippen molar-refractivity contribution in [2.75, 3.05) is 11.9 Å². The Morgan fingerprint density at radius 3 is 2.34 bits per heavy atom. The second-order valence-corrected chi connectivity index (χ2v) is 12.4. The number of amides is 1. The minimum absolute atomic E-state index is 0.144. The van der Waals surface area contributed by atoms with E-state index >= 15 is 0 Å². The minimum Gasteiger partial charge on any atom is -0.325 e. The fourth-order valence-electron chi connectivity index (χ4n) is 4.34. The molecular formula is C30H33N3O3S2. The third-order valence-electron chi connectivity index (χ3n) is 6.34. The van der Waals surface area contributed by atoms with Gasteiger partial charge >= 0.3 is 0 Å². The number of carbonyl (C=O) groups excluding carboxylic acids is 1. The van der Waals surface area contributed by atoms with Crippen molar-refractivity contribution in [3.8, 4) is 0 Å². The maximum Gasteiger partial charge on any atom is 0.240 e. The van der Waals surface area contributed by atoms with Gasteiger partial charge < -0.3 is 5.32 Å². The van der Waals surface area contributed by atoms with Crippen LogP contribution in [0.25, 0.3) is 10.9 Å². The number of aryl methyl sites for hydroxylation is 3. The summed E-state index contributed by atoms with van der Waals surface area (Å²) in [6, 6.07) is 22.3. The number of thioether (sulfide) groups is 1. The Hall–Kier alpha value is -3.20. The third kappa shape index (κ3) is 6.81. The van der Waals surface area contributed by atoms with E-state index < -0.39 is 10.0 Å². The Kier molecular flexibility index (Phi) is 8.87. The Morgan fingerprint density at radius 1 is 0.947 bits per heavy atom. The van der Waals surface area contributed by atoms with Crippen molar-refractivity contribution < 1.29 is 13.2 Å². The SMILES string of the molecule is CCC(Sc1cc(C)c2cc(C)cc(C)c2n1)C(=O)Nc1ccc(S(=O)(=O)NCCc2ccccc2)cc1. The summed E-state index contributed by atoms with van der Waals surface area (Å²) in [5, 5.41) is 4.53. The van der Waals surface area contributed by atoms with E-state index in [2.05, 4.69) is 42.9 Å². The minimum atomic E-state index is -3.64. The van der Waals surface area contributed by atoms with Gasteiger partial charge in [-0.05, 0) is 86.7 Å². The van der Waals surface area contributed by atoms with Crippen LogP contribution in [0.15, 0.2) is 82.7 Å². The van der Waals surface area contributed by atoms with E-state index in [1.54, 1.807) is 12.1 Å². The number of hydrogen-bond donors (Lipinski definition) is 2. The van der Waals surface area contributed by atoms with Crippen LogP contribution in [0.4, 0.5) is 5.69 Å². The largest absolute Gasteiger partial charge is 0.325 e. The maximum atomic E-state index is 13.1. The van der Waals surface area contributed by atoms with Gasteiger partial charge in [-0.3, -0.25) is 4.79 Å². The van der Waals surface area contributed by atoms with E-state index in [4.69, 9.17) is 4.98 Å². The van der Waals surface area contributed by atoms with Crippen molar-refractivity contribution in [3.63, 3.8) is 0 Å². The average molecular weight is 548 g/mol. The van der Waals surface area contributed by atoms with Gasteiger partial charge in [0.05, 0.1) is 20.7 Å². The molecule has 0 aliphatic rings. The molecule has 3 aromatic carbocycles. The van der Waals surface area contributed by atoms with Gasteiger partial charge in [0.2, 0.25) is 15.9 Å². The van der Waals surface area contributed by atoms with Gasteiger partial charge in [-0.2, -0.15) is 0 Å². The van der Waals surface area contributed by atoms with Crippen LogP contribution in [0.2, 0.25) is 0 Å². The number of anilines is 1. The highest BCUT2D eigenvalue weighted by Gasteiger charge is 2.20. The molecular weight excluding hydrogens is 514 g/mol. The van der Waals surface area contributed by atoms with Crippen LogP contribution in [0.5, 0.6) is 0 Å². The third-order valence-corrected chi connectivity index (χ3v) is 9.10. The zero-order valence-corrected chi connectivity index (χ0v) is 23.7. The number of aromatic nitrogens is 1. The fourth-order valence-corrected chi connectivity index (χ4v) is 6.39. The second-order valence-electron chi connectivity index (χ2n) is 9.42. The normalized spacial score (nSPS) is 12.4. The number of nitrogens with one attached hydrogen (secondary N) is 2. The zero-order valence-electron chi connectivity index (χ0n) is 22.1. The molecule has 198 valence electrons. The summed E-state index contributed by atoms with van der Waals surface area (Å²) in [6.45, 7) is 8.48. The lowest BCUT2D eigenvalue weighted by atomic mass is 10.0. The number of pyridine rings is 1. The van der Waals surface area contributed by atoms with Crippen molar-refractivity contribution in [1.29, 1.82) is 0 Å². The fraction of sp³-hybridized carbons (Fsp3) is 0.267. The van der Waals surface area contributed by atoms with Crippen molar-refractivity contribution in [2.24, 2.45) is 0 Å². The van der Waals surface area contributed by atoms with Crippen LogP contribution in [0.1, 0.15) is 35.6 Å². The summed E-state index contributed by atoms with van der Waals surface area (Å²) in [7, 11) is -3.64. The highest BCUT2D eigenvalue weighted by atomic mass is 32.2. The molecule has 1 heterocycles. The van der Waals surface area contributed by atoms with Crippen LogP contribution >= 0.6 is 11.8 Å². The first-order valence-corrected chi connectivity index (χ1v) is 15.0. The summed E-state index contributed by atoms with van der Waals surface area (Å²) in [5.41, 5.74) is 6.03. The molecule has 0 bridgehead atoms. The molecule has 0 saturated heterocycles. The van der Waals surface area contributed by atoms with Gasteiger partial charge in [-0.25, -0.2) is 18.1 Å². The summed E-state index contributed by atoms with van der Waals surface area (Å²) < 4.78 is 28.0. The molecule has 1 aromatic heterocycles. The Bertz CT molecular complexity index is 1540. The molecule has 1 amide bonds. The van der Waals surface area contributed by atoms with E-state index in [1.807, 2.05) is 43.3 Å². The van der Waals surface area contributed by atoms with Gasteiger partial charge in [-0.1, -0.05) is 60.6 Å². The summed E-state index contributed by atoms with van der Waals surface area (Å²) in [5.74, 6) is -0.144. The topological polar surface area (TPSA) is 88.2 Å². The number of nitrogens with zero attached hydrogens (tertiary/aromatic N) is 1. The van der Waals surface area contributed by atoms with E-state index in [-0.39, 0.29) is 16.1 Å². The predicted octanol–water partition coefficient (Wildman–Crippen LogP) is 6.19. The van der Waals surface area contributed by atoms with Crippen LogP contribution in [-0.4, -0.2) is 31.1 Å². The zero-order chi connectivity index (χ0) is 27.3. The lowest BCUT2D eigenvalue weighted by Gasteiger charge is -2.16. The number of fused-ring (bicyclic) bond motifs is 1. The quantitative estimate of drug-likeness (QED) is 0.231. The van der Waals surface area contributed by atoms with Crippen molar-refractivity contribution in [3.05, 3.63) is 95.1 Å². The molecule has 6 nitrogen and oxygen atoms in total. The molecule has 0 fully saturated rings. The molecule has 8 heteroatoms. The van der Waals surface area contributed by atoms with E-state index in [0.29, 0.717) is 25.1 Å². The van der Waals surface area contributed by atoms with Crippen LogP contribution < -0.4 is 10.0 Å². The van der Waals surface area contributed by atoms with Crippen LogP contribution in [0.3, 0.4) is 0 Å². The molecule has 38 heavy (non-hydrogen) atoms. The van der Waals surface area contributed by atoms with E-state index in [0.717, 1.165) is 32.6 Å². The number of benzene rings is 3. The number of hydrogen-bond acceptors (Lipinski definition) is 5. The maximum absolute atomic E-state index is 13.1. The van der Waals surface area contributed by atoms with Gasteiger partial charge in [0.25, 0.3) is 0 Å². The summed E-state index contributed by atoms with van der Waals surface area (Å²) in [4.78, 5) is 18.1. The highest BCUT2D eigenvalue weighted by Crippen LogP contribution is 2.30. The molecule has 0 spiro atoms. The molecule has 1 unspecified atom stereocenters. The number of sulfonamides is 1. The van der Waals surface area contributed by atoms with Gasteiger partial charge in [-0.15, -0.1) is 0 Å². The monoisotopic (exact) mass is 547 g/mol. The van der Waals surface area contributed by atoms with Gasteiger partial charge in [0.1, 0.15) is 0 Å². The van der Waals surface area contributed by atoms with Crippen molar-refractivity contribution in [2.45, 2.75) is 55.7 Å².